The van der Waals surface area contributed by atoms with Gasteiger partial charge in [-0.1, -0.05) is 123 Å². The Hall–Kier alpha value is -0.980. The Morgan fingerprint density at radius 3 is 1.37 bits per heavy atom. The summed E-state index contributed by atoms with van der Waals surface area (Å²) in [4.78, 5) is 0. The maximum absolute atomic E-state index is 10.5. The number of unbranched alkanes of at least 4 members (excludes halogenated alkanes) is 15. The summed E-state index contributed by atoms with van der Waals surface area (Å²) in [6.45, 7) is 6.81. The predicted molar refractivity (Wildman–Crippen MR) is 135 cm³/mol. The molecule has 0 heterocycles. The molecule has 0 radical (unpaired) electrons. The lowest BCUT2D eigenvalue weighted by atomic mass is 9.90. The normalized spacial score (nSPS) is 11.3. The van der Waals surface area contributed by atoms with E-state index >= 15 is 0 Å². The zero-order valence-electron chi connectivity index (χ0n) is 20.7. The van der Waals surface area contributed by atoms with Crippen molar-refractivity contribution in [3.8, 4) is 5.75 Å². The number of hydrogen-bond acceptors (Lipinski definition) is 1. The molecule has 0 fully saturated rings. The second-order valence-electron chi connectivity index (χ2n) is 9.36. The fraction of sp³-hybridized carbons (Fsp3) is 0.793. The lowest BCUT2D eigenvalue weighted by Crippen LogP contribution is -2.01. The molecule has 0 saturated carbocycles. The van der Waals surface area contributed by atoms with E-state index in [2.05, 4.69) is 26.8 Å². The van der Waals surface area contributed by atoms with Gasteiger partial charge in [0, 0.05) is 0 Å². The molecular formula is C29H52O. The summed E-state index contributed by atoms with van der Waals surface area (Å²) in [6.07, 6.45) is 26.6. The van der Waals surface area contributed by atoms with Gasteiger partial charge < -0.3 is 5.11 Å². The van der Waals surface area contributed by atoms with Crippen molar-refractivity contribution in [1.82, 2.24) is 0 Å². The first kappa shape index (κ1) is 27.1. The average molecular weight is 417 g/mol. The van der Waals surface area contributed by atoms with Gasteiger partial charge in [-0.25, -0.2) is 0 Å². The van der Waals surface area contributed by atoms with Gasteiger partial charge in [0.15, 0.2) is 0 Å². The third kappa shape index (κ3) is 12.0. The number of aromatic hydroxyl groups is 1. The molecule has 0 aliphatic rings. The van der Waals surface area contributed by atoms with E-state index in [4.69, 9.17) is 0 Å². The number of rotatable bonds is 20. The highest BCUT2D eigenvalue weighted by Crippen LogP contribution is 2.29. The van der Waals surface area contributed by atoms with Crippen LogP contribution < -0.4 is 0 Å². The summed E-state index contributed by atoms with van der Waals surface area (Å²) in [6, 6.07) is 4.09. The molecule has 0 aromatic heterocycles. The summed E-state index contributed by atoms with van der Waals surface area (Å²) in [5.74, 6) is 0.539. The van der Waals surface area contributed by atoms with Gasteiger partial charge in [-0.3, -0.25) is 0 Å². The second-order valence-corrected chi connectivity index (χ2v) is 9.36. The van der Waals surface area contributed by atoms with Crippen LogP contribution in [-0.2, 0) is 19.3 Å². The minimum atomic E-state index is 0.539. The topological polar surface area (TPSA) is 20.2 Å². The summed E-state index contributed by atoms with van der Waals surface area (Å²) >= 11 is 0. The average Bonchev–Trinajstić information content (AvgIpc) is 2.76. The van der Waals surface area contributed by atoms with E-state index in [0.29, 0.717) is 5.75 Å². The van der Waals surface area contributed by atoms with E-state index in [1.807, 2.05) is 6.07 Å². The van der Waals surface area contributed by atoms with Gasteiger partial charge in [0.2, 0.25) is 0 Å². The smallest absolute Gasteiger partial charge is 0.119 e. The van der Waals surface area contributed by atoms with Crippen molar-refractivity contribution in [1.29, 1.82) is 0 Å². The molecule has 0 unspecified atom stereocenters. The van der Waals surface area contributed by atoms with Crippen LogP contribution in [0.3, 0.4) is 0 Å². The molecule has 1 aromatic rings. The first-order chi connectivity index (χ1) is 14.7. The van der Waals surface area contributed by atoms with E-state index in [1.54, 1.807) is 0 Å². The zero-order chi connectivity index (χ0) is 21.9. The molecule has 0 bridgehead atoms. The molecule has 0 saturated heterocycles. The molecule has 0 amide bonds. The van der Waals surface area contributed by atoms with Crippen LogP contribution in [0.25, 0.3) is 0 Å². The molecule has 0 aliphatic heterocycles. The second kappa shape index (κ2) is 18.8. The molecule has 30 heavy (non-hydrogen) atoms. The lowest BCUT2D eigenvalue weighted by Gasteiger charge is -2.16. The van der Waals surface area contributed by atoms with Gasteiger partial charge in [0.25, 0.3) is 0 Å². The van der Waals surface area contributed by atoms with Gasteiger partial charge in [-0.2, -0.15) is 0 Å². The first-order valence-electron chi connectivity index (χ1n) is 13.6. The third-order valence-corrected chi connectivity index (χ3v) is 6.70. The lowest BCUT2D eigenvalue weighted by molar-refractivity contribution is 0.463. The highest BCUT2D eigenvalue weighted by atomic mass is 16.3. The molecular weight excluding hydrogens is 364 g/mol. The summed E-state index contributed by atoms with van der Waals surface area (Å²) in [5.41, 5.74) is 4.18. The molecule has 0 atom stereocenters. The van der Waals surface area contributed by atoms with Crippen molar-refractivity contribution in [2.45, 2.75) is 149 Å². The van der Waals surface area contributed by atoms with Crippen molar-refractivity contribution in [2.24, 2.45) is 0 Å². The minimum absolute atomic E-state index is 0.539. The Kier molecular flexibility index (Phi) is 16.9. The van der Waals surface area contributed by atoms with Gasteiger partial charge in [0.05, 0.1) is 0 Å². The SMILES string of the molecule is CCCCCCCCCCCCCCCc1c(O)ccc(CC)c1CCCCCC. The number of phenols is 1. The first-order valence-corrected chi connectivity index (χ1v) is 13.6. The van der Waals surface area contributed by atoms with E-state index in [9.17, 15) is 5.11 Å². The van der Waals surface area contributed by atoms with Crippen molar-refractivity contribution >= 4 is 0 Å². The van der Waals surface area contributed by atoms with Crippen LogP contribution >= 0.6 is 0 Å². The number of aryl methyl sites for hydroxylation is 1. The zero-order valence-corrected chi connectivity index (χ0v) is 20.7. The third-order valence-electron chi connectivity index (χ3n) is 6.70. The Bertz CT molecular complexity index is 519. The number of benzene rings is 1. The molecule has 1 nitrogen and oxygen atoms in total. The highest BCUT2D eigenvalue weighted by molar-refractivity contribution is 5.44. The highest BCUT2D eigenvalue weighted by Gasteiger charge is 2.12. The maximum Gasteiger partial charge on any atom is 0.119 e. The summed E-state index contributed by atoms with van der Waals surface area (Å²) < 4.78 is 0. The van der Waals surface area contributed by atoms with Gasteiger partial charge in [0.1, 0.15) is 5.75 Å². The minimum Gasteiger partial charge on any atom is -0.508 e. The van der Waals surface area contributed by atoms with Crippen LogP contribution in [0, 0.1) is 0 Å². The van der Waals surface area contributed by atoms with Crippen LogP contribution in [0.4, 0.5) is 0 Å². The van der Waals surface area contributed by atoms with Crippen LogP contribution in [-0.4, -0.2) is 5.11 Å². The van der Waals surface area contributed by atoms with E-state index in [0.717, 1.165) is 19.3 Å². The molecule has 1 heteroatoms. The Morgan fingerprint density at radius 1 is 0.500 bits per heavy atom. The molecule has 1 rings (SSSR count). The molecule has 1 aromatic carbocycles. The van der Waals surface area contributed by atoms with Crippen molar-refractivity contribution in [3.05, 3.63) is 28.8 Å². The van der Waals surface area contributed by atoms with E-state index < -0.39 is 0 Å². The Balaban J connectivity index is 2.22. The molecule has 174 valence electrons. The summed E-state index contributed by atoms with van der Waals surface area (Å²) in [5, 5.41) is 10.5. The Labute approximate surface area is 189 Å². The van der Waals surface area contributed by atoms with Crippen molar-refractivity contribution in [3.63, 3.8) is 0 Å². The number of phenolic OH excluding ortho intramolecular Hbond substituents is 1. The van der Waals surface area contributed by atoms with Gasteiger partial charge in [-0.15, -0.1) is 0 Å². The van der Waals surface area contributed by atoms with Crippen molar-refractivity contribution < 1.29 is 5.11 Å². The quantitative estimate of drug-likeness (QED) is 0.210. The maximum atomic E-state index is 10.5. The van der Waals surface area contributed by atoms with Crippen LogP contribution in [0.2, 0.25) is 0 Å². The standard InChI is InChI=1S/C29H52O/c1-4-7-9-11-12-13-14-15-16-17-18-19-21-23-28-27(22-20-10-8-5-2)26(6-3)24-25-29(28)30/h24-25,30H,4-23H2,1-3H3. The molecule has 0 spiro atoms. The fourth-order valence-electron chi connectivity index (χ4n) is 4.70. The van der Waals surface area contributed by atoms with Gasteiger partial charge >= 0.3 is 0 Å². The van der Waals surface area contributed by atoms with Gasteiger partial charge in [-0.05, 0) is 54.9 Å². The fourth-order valence-corrected chi connectivity index (χ4v) is 4.70. The predicted octanol–water partition coefficient (Wildman–Crippen LogP) is 9.71. The van der Waals surface area contributed by atoms with Crippen LogP contribution in [0.1, 0.15) is 147 Å². The van der Waals surface area contributed by atoms with Crippen molar-refractivity contribution in [2.75, 3.05) is 0 Å². The van der Waals surface area contributed by atoms with Crippen LogP contribution in [0.5, 0.6) is 5.75 Å². The van der Waals surface area contributed by atoms with E-state index in [1.165, 1.54) is 126 Å². The molecule has 1 N–H and O–H groups in total. The Morgan fingerprint density at radius 2 is 0.900 bits per heavy atom. The molecule has 0 aliphatic carbocycles. The summed E-state index contributed by atoms with van der Waals surface area (Å²) in [7, 11) is 0. The van der Waals surface area contributed by atoms with E-state index in [-0.39, 0.29) is 0 Å². The van der Waals surface area contributed by atoms with Crippen LogP contribution in [0.15, 0.2) is 12.1 Å². The number of hydrogen-bond donors (Lipinski definition) is 1. The largest absolute Gasteiger partial charge is 0.508 e. The monoisotopic (exact) mass is 416 g/mol.